The third-order valence-corrected chi connectivity index (χ3v) is 4.08. The van der Waals surface area contributed by atoms with Gasteiger partial charge in [-0.1, -0.05) is 54.1 Å². The molecule has 2 heteroatoms. The Morgan fingerprint density at radius 1 is 0.944 bits per heavy atom. The Labute approximate surface area is 113 Å². The van der Waals surface area contributed by atoms with Crippen molar-refractivity contribution in [2.75, 3.05) is 0 Å². The number of halogens is 1. The van der Waals surface area contributed by atoms with Crippen LogP contribution in [-0.4, -0.2) is 6.04 Å². The first-order valence-corrected chi connectivity index (χ1v) is 6.71. The van der Waals surface area contributed by atoms with E-state index in [2.05, 4.69) is 30.3 Å². The first-order chi connectivity index (χ1) is 8.75. The zero-order chi connectivity index (χ0) is 12.5. The molecule has 1 nitrogen and oxygen atoms in total. The van der Waals surface area contributed by atoms with E-state index in [0.29, 0.717) is 5.92 Å². The van der Waals surface area contributed by atoms with Gasteiger partial charge in [-0.05, 0) is 35.6 Å². The molecule has 0 unspecified atom stereocenters. The van der Waals surface area contributed by atoms with Crippen LogP contribution in [0.15, 0.2) is 48.5 Å². The molecule has 3 rings (SSSR count). The molecule has 0 aliphatic heterocycles. The average Bonchev–Trinajstić information content (AvgIpc) is 2.38. The van der Waals surface area contributed by atoms with Gasteiger partial charge in [0.1, 0.15) is 0 Å². The zero-order valence-corrected chi connectivity index (χ0v) is 10.9. The van der Waals surface area contributed by atoms with Gasteiger partial charge in [0.15, 0.2) is 0 Å². The van der Waals surface area contributed by atoms with Gasteiger partial charge in [0.25, 0.3) is 0 Å². The average molecular weight is 258 g/mol. The van der Waals surface area contributed by atoms with Crippen LogP contribution in [-0.2, 0) is 6.42 Å². The second kappa shape index (κ2) is 4.75. The predicted molar refractivity (Wildman–Crippen MR) is 76.0 cm³/mol. The topological polar surface area (TPSA) is 26.0 Å². The maximum absolute atomic E-state index is 6.33. The van der Waals surface area contributed by atoms with Gasteiger partial charge in [0, 0.05) is 17.0 Å². The van der Waals surface area contributed by atoms with Crippen molar-refractivity contribution in [2.24, 2.45) is 5.73 Å². The first kappa shape index (κ1) is 11.8. The third-order valence-electron chi connectivity index (χ3n) is 3.73. The highest BCUT2D eigenvalue weighted by Crippen LogP contribution is 2.38. The van der Waals surface area contributed by atoms with E-state index in [1.54, 1.807) is 0 Å². The highest BCUT2D eigenvalue weighted by atomic mass is 35.5. The molecule has 0 amide bonds. The summed E-state index contributed by atoms with van der Waals surface area (Å²) in [5.41, 5.74) is 10.1. The molecule has 0 aromatic heterocycles. The number of hydrogen-bond acceptors (Lipinski definition) is 1. The lowest BCUT2D eigenvalue weighted by atomic mass is 9.77. The van der Waals surface area contributed by atoms with Crippen molar-refractivity contribution < 1.29 is 0 Å². The van der Waals surface area contributed by atoms with E-state index in [9.17, 15) is 0 Å². The summed E-state index contributed by atoms with van der Waals surface area (Å²) in [5, 5.41) is 0.839. The summed E-state index contributed by atoms with van der Waals surface area (Å²) in [6, 6.07) is 16.9. The molecule has 0 bridgehead atoms. The molecule has 18 heavy (non-hydrogen) atoms. The van der Waals surface area contributed by atoms with Crippen LogP contribution in [0, 0.1) is 0 Å². The van der Waals surface area contributed by atoms with Crippen LogP contribution in [0.1, 0.15) is 29.0 Å². The van der Waals surface area contributed by atoms with Crippen molar-refractivity contribution in [3.05, 3.63) is 70.2 Å². The van der Waals surface area contributed by atoms with E-state index in [-0.39, 0.29) is 6.04 Å². The summed E-state index contributed by atoms with van der Waals surface area (Å²) in [7, 11) is 0. The molecule has 0 saturated heterocycles. The number of nitrogens with two attached hydrogens (primary N) is 1. The molecule has 92 valence electrons. The largest absolute Gasteiger partial charge is 0.327 e. The minimum atomic E-state index is 0.223. The smallest absolute Gasteiger partial charge is 0.0444 e. The highest BCUT2D eigenvalue weighted by Gasteiger charge is 2.26. The maximum Gasteiger partial charge on any atom is 0.0444 e. The first-order valence-electron chi connectivity index (χ1n) is 6.33. The Morgan fingerprint density at radius 2 is 1.61 bits per heavy atom. The monoisotopic (exact) mass is 257 g/mol. The number of benzene rings is 2. The summed E-state index contributed by atoms with van der Waals surface area (Å²) in [4.78, 5) is 0. The van der Waals surface area contributed by atoms with Crippen molar-refractivity contribution >= 4 is 11.6 Å². The summed E-state index contributed by atoms with van der Waals surface area (Å²) in [5.74, 6) is 0.332. The highest BCUT2D eigenvalue weighted by molar-refractivity contribution is 6.31. The Hall–Kier alpha value is -1.31. The Bertz CT molecular complexity index is 565. The van der Waals surface area contributed by atoms with Crippen molar-refractivity contribution in [3.63, 3.8) is 0 Å². The predicted octanol–water partition coefficient (Wildman–Crippen LogP) is 3.75. The fraction of sp³-hybridized carbons (Fsp3) is 0.250. The van der Waals surface area contributed by atoms with Gasteiger partial charge in [0.05, 0.1) is 0 Å². The van der Waals surface area contributed by atoms with Gasteiger partial charge in [-0.25, -0.2) is 0 Å². The maximum atomic E-state index is 6.33. The Balaban J connectivity index is 2.11. The Morgan fingerprint density at radius 3 is 2.39 bits per heavy atom. The van der Waals surface area contributed by atoms with Gasteiger partial charge in [-0.15, -0.1) is 0 Å². The molecule has 2 aromatic rings. The molecule has 1 aliphatic carbocycles. The Kier molecular flexibility index (Phi) is 3.11. The van der Waals surface area contributed by atoms with Crippen molar-refractivity contribution in [2.45, 2.75) is 24.8 Å². The van der Waals surface area contributed by atoms with Crippen LogP contribution in [0.5, 0.6) is 0 Å². The van der Waals surface area contributed by atoms with Crippen LogP contribution < -0.4 is 5.73 Å². The molecule has 2 atom stereocenters. The molecular formula is C16H16ClN. The molecule has 2 aromatic carbocycles. The lowest BCUT2D eigenvalue weighted by Gasteiger charge is -2.30. The van der Waals surface area contributed by atoms with Crippen LogP contribution >= 0.6 is 11.6 Å². The van der Waals surface area contributed by atoms with E-state index in [4.69, 9.17) is 17.3 Å². The summed E-state index contributed by atoms with van der Waals surface area (Å²) in [6.07, 6.45) is 1.94. The van der Waals surface area contributed by atoms with E-state index in [0.717, 1.165) is 17.9 Å². The van der Waals surface area contributed by atoms with Crippen molar-refractivity contribution in [1.29, 1.82) is 0 Å². The normalized spacial score (nSPS) is 22.6. The number of fused-ring (bicyclic) bond motifs is 1. The second-order valence-corrected chi connectivity index (χ2v) is 5.38. The number of rotatable bonds is 1. The number of hydrogen-bond donors (Lipinski definition) is 1. The zero-order valence-electron chi connectivity index (χ0n) is 10.1. The van der Waals surface area contributed by atoms with E-state index in [1.807, 2.05) is 18.2 Å². The molecular weight excluding hydrogens is 242 g/mol. The molecule has 0 spiro atoms. The lowest BCUT2D eigenvalue weighted by molar-refractivity contribution is 0.531. The molecule has 0 radical (unpaired) electrons. The molecule has 1 aliphatic rings. The van der Waals surface area contributed by atoms with E-state index in [1.165, 1.54) is 16.7 Å². The molecule has 2 N–H and O–H groups in total. The van der Waals surface area contributed by atoms with Gasteiger partial charge >= 0.3 is 0 Å². The van der Waals surface area contributed by atoms with Gasteiger partial charge in [0.2, 0.25) is 0 Å². The summed E-state index contributed by atoms with van der Waals surface area (Å²) >= 11 is 6.33. The van der Waals surface area contributed by atoms with E-state index < -0.39 is 0 Å². The molecule has 0 heterocycles. The van der Waals surface area contributed by atoms with Crippen molar-refractivity contribution in [3.8, 4) is 0 Å². The minimum Gasteiger partial charge on any atom is -0.327 e. The van der Waals surface area contributed by atoms with Crippen LogP contribution in [0.25, 0.3) is 0 Å². The minimum absolute atomic E-state index is 0.223. The SMILES string of the molecule is N[C@H]1Cc2ccccc2[C@H](c2ccccc2Cl)C1. The standard InChI is InChI=1S/C16H16ClN/c17-16-8-4-3-7-14(16)15-10-12(18)9-11-5-1-2-6-13(11)15/h1-8,12,15H,9-10,18H2/t12-,15+/m0/s1. The van der Waals surface area contributed by atoms with Crippen LogP contribution in [0.2, 0.25) is 5.02 Å². The molecule has 0 fully saturated rings. The van der Waals surface area contributed by atoms with Gasteiger partial charge in [-0.2, -0.15) is 0 Å². The van der Waals surface area contributed by atoms with E-state index >= 15 is 0 Å². The fourth-order valence-corrected chi connectivity index (χ4v) is 3.18. The third kappa shape index (κ3) is 2.05. The summed E-state index contributed by atoms with van der Waals surface area (Å²) < 4.78 is 0. The van der Waals surface area contributed by atoms with Crippen LogP contribution in [0.3, 0.4) is 0 Å². The van der Waals surface area contributed by atoms with Crippen molar-refractivity contribution in [1.82, 2.24) is 0 Å². The second-order valence-electron chi connectivity index (χ2n) is 4.97. The molecule has 0 saturated carbocycles. The van der Waals surface area contributed by atoms with Gasteiger partial charge < -0.3 is 5.73 Å². The summed E-state index contributed by atoms with van der Waals surface area (Å²) in [6.45, 7) is 0. The quantitative estimate of drug-likeness (QED) is 0.827. The lowest BCUT2D eigenvalue weighted by Crippen LogP contribution is -2.30. The van der Waals surface area contributed by atoms with Gasteiger partial charge in [-0.3, -0.25) is 0 Å². The fourth-order valence-electron chi connectivity index (χ4n) is 2.91. The van der Waals surface area contributed by atoms with Crippen LogP contribution in [0.4, 0.5) is 0 Å².